The number of rotatable bonds is 4. The first-order chi connectivity index (χ1) is 9.52. The van der Waals surface area contributed by atoms with Crippen LogP contribution in [0.15, 0.2) is 22.7 Å². The van der Waals surface area contributed by atoms with E-state index in [0.29, 0.717) is 6.92 Å². The number of ether oxygens (including phenoxy) is 1. The molecule has 2 N–H and O–H groups in total. The smallest absolute Gasteiger partial charge is 0.422 e. The van der Waals surface area contributed by atoms with Gasteiger partial charge >= 0.3 is 12.1 Å². The Kier molecular flexibility index (Phi) is 4.87. The van der Waals surface area contributed by atoms with Crippen molar-refractivity contribution in [2.75, 3.05) is 7.11 Å². The lowest BCUT2D eigenvalue weighted by atomic mass is 10.0. The van der Waals surface area contributed by atoms with Gasteiger partial charge in [-0.2, -0.15) is 13.2 Å². The number of nitrogens with one attached hydrogen (secondary N) is 1. The minimum atomic E-state index is -5.15. The Balaban J connectivity index is 3.18. The molecule has 0 saturated heterocycles. The minimum Gasteiger partial charge on any atom is -0.497 e. The fourth-order valence-electron chi connectivity index (χ4n) is 1.35. The molecule has 0 radical (unpaired) electrons. The summed E-state index contributed by atoms with van der Waals surface area (Å²) in [4.78, 5) is 22.8. The van der Waals surface area contributed by atoms with Crippen molar-refractivity contribution >= 4 is 27.8 Å². The number of amides is 1. The van der Waals surface area contributed by atoms with Crippen molar-refractivity contribution in [1.29, 1.82) is 0 Å². The maximum atomic E-state index is 12.8. The standard InChI is InChI=1S/C12H11BrF3NO4/c1-11(10(19)20,12(14,15)16)17-9(18)7-5-6(21-2)3-4-8(7)13/h3-5H,1-2H3,(H,17,18)(H,19,20). The molecule has 1 rings (SSSR count). The third-order valence-electron chi connectivity index (χ3n) is 2.78. The topological polar surface area (TPSA) is 75.6 Å². The molecule has 0 bridgehead atoms. The summed E-state index contributed by atoms with van der Waals surface area (Å²) >= 11 is 3.01. The van der Waals surface area contributed by atoms with Crippen LogP contribution in [0, 0.1) is 0 Å². The van der Waals surface area contributed by atoms with Crippen molar-refractivity contribution in [1.82, 2.24) is 5.32 Å². The van der Waals surface area contributed by atoms with Crippen LogP contribution in [-0.2, 0) is 4.79 Å². The first-order valence-corrected chi connectivity index (χ1v) is 6.28. The highest BCUT2D eigenvalue weighted by Crippen LogP contribution is 2.31. The molecule has 0 aliphatic heterocycles. The summed E-state index contributed by atoms with van der Waals surface area (Å²) < 4.78 is 43.6. The normalized spacial score (nSPS) is 14.2. The molecule has 9 heteroatoms. The third kappa shape index (κ3) is 3.46. The Morgan fingerprint density at radius 2 is 1.90 bits per heavy atom. The lowest BCUT2D eigenvalue weighted by Crippen LogP contribution is -2.61. The van der Waals surface area contributed by atoms with Gasteiger partial charge in [0, 0.05) is 4.47 Å². The predicted molar refractivity (Wildman–Crippen MR) is 70.3 cm³/mol. The molecule has 1 atom stereocenters. The average Bonchev–Trinajstić information content (AvgIpc) is 2.37. The van der Waals surface area contributed by atoms with Crippen LogP contribution in [0.4, 0.5) is 13.2 Å². The van der Waals surface area contributed by atoms with E-state index in [4.69, 9.17) is 9.84 Å². The molecule has 116 valence electrons. The number of halogens is 4. The summed E-state index contributed by atoms with van der Waals surface area (Å²) in [5.41, 5.74) is -3.57. The van der Waals surface area contributed by atoms with E-state index < -0.39 is 23.6 Å². The van der Waals surface area contributed by atoms with E-state index in [-0.39, 0.29) is 15.8 Å². The lowest BCUT2D eigenvalue weighted by molar-refractivity contribution is -0.203. The Morgan fingerprint density at radius 3 is 2.33 bits per heavy atom. The predicted octanol–water partition coefficient (Wildman–Crippen LogP) is 2.59. The molecule has 5 nitrogen and oxygen atoms in total. The summed E-state index contributed by atoms with van der Waals surface area (Å²) in [7, 11) is 1.32. The van der Waals surface area contributed by atoms with E-state index in [1.54, 1.807) is 0 Å². The number of carboxylic acids is 1. The van der Waals surface area contributed by atoms with Gasteiger partial charge in [0.25, 0.3) is 5.91 Å². The second kappa shape index (κ2) is 5.92. The first kappa shape index (κ1) is 17.3. The molecule has 1 aromatic carbocycles. The number of carbonyl (C=O) groups is 2. The van der Waals surface area contributed by atoms with Crippen LogP contribution >= 0.6 is 15.9 Å². The maximum absolute atomic E-state index is 12.8. The molecule has 1 amide bonds. The number of alkyl halides is 3. The quantitative estimate of drug-likeness (QED) is 0.855. The molecule has 21 heavy (non-hydrogen) atoms. The highest BCUT2D eigenvalue weighted by atomic mass is 79.9. The molecule has 0 saturated carbocycles. The molecule has 0 spiro atoms. The van der Waals surface area contributed by atoms with Gasteiger partial charge in [-0.15, -0.1) is 0 Å². The number of methoxy groups -OCH3 is 1. The number of benzene rings is 1. The Morgan fingerprint density at radius 1 is 1.33 bits per heavy atom. The fraction of sp³-hybridized carbons (Fsp3) is 0.333. The summed E-state index contributed by atoms with van der Waals surface area (Å²) in [6, 6.07) is 4.08. The Bertz CT molecular complexity index is 576. The number of carboxylic acid groups (broad SMARTS) is 1. The van der Waals surface area contributed by atoms with Crippen LogP contribution in [0.25, 0.3) is 0 Å². The summed E-state index contributed by atoms with van der Waals surface area (Å²) in [5.74, 6) is -3.15. The van der Waals surface area contributed by atoms with Crippen LogP contribution in [0.3, 0.4) is 0 Å². The van der Waals surface area contributed by atoms with Gasteiger partial charge in [-0.3, -0.25) is 4.79 Å². The second-order valence-corrected chi connectivity index (χ2v) is 5.08. The molecule has 1 aromatic rings. The molecular formula is C12H11BrF3NO4. The lowest BCUT2D eigenvalue weighted by Gasteiger charge is -2.28. The average molecular weight is 370 g/mol. The number of hydrogen-bond acceptors (Lipinski definition) is 3. The van der Waals surface area contributed by atoms with Crippen molar-refractivity contribution < 1.29 is 32.6 Å². The highest BCUT2D eigenvalue weighted by Gasteiger charge is 2.58. The van der Waals surface area contributed by atoms with Gasteiger partial charge in [-0.05, 0) is 41.1 Å². The second-order valence-electron chi connectivity index (χ2n) is 4.23. The van der Waals surface area contributed by atoms with Crippen molar-refractivity contribution in [3.63, 3.8) is 0 Å². The van der Waals surface area contributed by atoms with Crippen molar-refractivity contribution in [3.8, 4) is 5.75 Å². The summed E-state index contributed by atoms with van der Waals surface area (Å²) in [6.45, 7) is 0.376. The van der Waals surface area contributed by atoms with Crippen LogP contribution in [0.1, 0.15) is 17.3 Å². The van der Waals surface area contributed by atoms with Gasteiger partial charge in [0.05, 0.1) is 12.7 Å². The van der Waals surface area contributed by atoms with E-state index >= 15 is 0 Å². The van der Waals surface area contributed by atoms with E-state index in [0.717, 1.165) is 0 Å². The fourth-order valence-corrected chi connectivity index (χ4v) is 1.77. The zero-order valence-corrected chi connectivity index (χ0v) is 12.5. The largest absolute Gasteiger partial charge is 0.497 e. The maximum Gasteiger partial charge on any atom is 0.422 e. The van der Waals surface area contributed by atoms with Gasteiger partial charge in [-0.25, -0.2) is 4.79 Å². The summed E-state index contributed by atoms with van der Waals surface area (Å²) in [5, 5.41) is 10.3. The monoisotopic (exact) mass is 369 g/mol. The van der Waals surface area contributed by atoms with Gasteiger partial charge in [0.2, 0.25) is 5.54 Å². The van der Waals surface area contributed by atoms with Crippen LogP contribution in [0.5, 0.6) is 5.75 Å². The van der Waals surface area contributed by atoms with Crippen LogP contribution < -0.4 is 10.1 Å². The van der Waals surface area contributed by atoms with Gasteiger partial charge in [0.1, 0.15) is 5.75 Å². The van der Waals surface area contributed by atoms with Crippen molar-refractivity contribution in [2.24, 2.45) is 0 Å². The zero-order chi connectivity index (χ0) is 16.4. The summed E-state index contributed by atoms with van der Waals surface area (Å²) in [6.07, 6.45) is -5.15. The number of carbonyl (C=O) groups excluding carboxylic acids is 1. The molecule has 0 aliphatic carbocycles. The number of aliphatic carboxylic acids is 1. The minimum absolute atomic E-state index is 0.175. The van der Waals surface area contributed by atoms with E-state index in [1.807, 2.05) is 0 Å². The number of hydrogen-bond donors (Lipinski definition) is 2. The van der Waals surface area contributed by atoms with Crippen LogP contribution in [0.2, 0.25) is 0 Å². The van der Waals surface area contributed by atoms with Gasteiger partial charge < -0.3 is 15.2 Å². The van der Waals surface area contributed by atoms with E-state index in [1.165, 1.54) is 30.6 Å². The molecule has 0 aromatic heterocycles. The Labute approximate surface area is 126 Å². The van der Waals surface area contributed by atoms with Crippen molar-refractivity contribution in [2.45, 2.75) is 18.6 Å². The SMILES string of the molecule is COc1ccc(Br)c(C(=O)NC(C)(C(=O)O)C(F)(F)F)c1. The van der Waals surface area contributed by atoms with Gasteiger partial charge in [0.15, 0.2) is 0 Å². The molecule has 1 unspecified atom stereocenters. The molecular weight excluding hydrogens is 359 g/mol. The third-order valence-corrected chi connectivity index (χ3v) is 3.47. The van der Waals surface area contributed by atoms with E-state index in [2.05, 4.69) is 15.9 Å². The van der Waals surface area contributed by atoms with Crippen molar-refractivity contribution in [3.05, 3.63) is 28.2 Å². The van der Waals surface area contributed by atoms with Crippen LogP contribution in [-0.4, -0.2) is 35.8 Å². The van der Waals surface area contributed by atoms with Gasteiger partial charge in [-0.1, -0.05) is 0 Å². The highest BCUT2D eigenvalue weighted by molar-refractivity contribution is 9.10. The molecule has 0 aliphatic rings. The Hall–Kier alpha value is -1.77. The molecule has 0 heterocycles. The first-order valence-electron chi connectivity index (χ1n) is 5.49. The molecule has 0 fully saturated rings. The van der Waals surface area contributed by atoms with E-state index in [9.17, 15) is 22.8 Å². The zero-order valence-electron chi connectivity index (χ0n) is 10.9.